The van der Waals surface area contributed by atoms with Gasteiger partial charge in [-0.1, -0.05) is 71.6 Å². The average molecular weight is 266 g/mol. The van der Waals surface area contributed by atoms with E-state index < -0.39 is 0 Å². The first-order valence-electron chi connectivity index (χ1n) is 8.78. The minimum Gasteiger partial charge on any atom is -0.299 e. The smallest absolute Gasteiger partial charge is 0.135 e. The lowest BCUT2D eigenvalue weighted by Crippen LogP contribution is -2.12. The third-order valence-corrected chi connectivity index (χ3v) is 4.61. The molecule has 0 aromatic heterocycles. The van der Waals surface area contributed by atoms with Crippen LogP contribution in [0.5, 0.6) is 0 Å². The van der Waals surface area contributed by atoms with Crippen molar-refractivity contribution in [2.24, 2.45) is 11.8 Å². The van der Waals surface area contributed by atoms with E-state index in [0.717, 1.165) is 18.8 Å². The van der Waals surface area contributed by atoms with Crippen LogP contribution in [0.3, 0.4) is 0 Å². The fraction of sp³-hybridized carbons (Fsp3) is 0.944. The monoisotopic (exact) mass is 266 g/mol. The van der Waals surface area contributed by atoms with Gasteiger partial charge in [-0.05, 0) is 25.2 Å². The van der Waals surface area contributed by atoms with Crippen LogP contribution in [-0.4, -0.2) is 5.78 Å². The normalized spacial score (nSPS) is 16.5. The lowest BCUT2D eigenvalue weighted by atomic mass is 9.96. The van der Waals surface area contributed by atoms with Gasteiger partial charge in [0.15, 0.2) is 0 Å². The summed E-state index contributed by atoms with van der Waals surface area (Å²) in [6, 6.07) is 0. The third kappa shape index (κ3) is 8.44. The molecular formula is C18H34O. The van der Waals surface area contributed by atoms with E-state index in [1.807, 2.05) is 0 Å². The highest BCUT2D eigenvalue weighted by Gasteiger charge is 2.31. The number of unbranched alkanes of at least 4 members (excludes halogenated alkanes) is 9. The summed E-state index contributed by atoms with van der Waals surface area (Å²) in [5.41, 5.74) is 0. The zero-order valence-corrected chi connectivity index (χ0v) is 13.3. The van der Waals surface area contributed by atoms with Gasteiger partial charge in [0.2, 0.25) is 0 Å². The summed E-state index contributed by atoms with van der Waals surface area (Å²) in [6.45, 7) is 4.40. The Labute approximate surface area is 120 Å². The molecule has 0 aromatic rings. The summed E-state index contributed by atoms with van der Waals surface area (Å²) >= 11 is 0. The summed E-state index contributed by atoms with van der Waals surface area (Å²) in [5.74, 6) is 1.64. The van der Waals surface area contributed by atoms with Gasteiger partial charge >= 0.3 is 0 Å². The molecule has 19 heavy (non-hydrogen) atoms. The maximum Gasteiger partial charge on any atom is 0.135 e. The van der Waals surface area contributed by atoms with Crippen molar-refractivity contribution in [1.29, 1.82) is 0 Å². The molecular weight excluding hydrogens is 232 g/mol. The first-order chi connectivity index (χ1) is 9.25. The molecule has 1 saturated carbocycles. The van der Waals surface area contributed by atoms with Gasteiger partial charge in [-0.3, -0.25) is 4.79 Å². The molecule has 0 radical (unpaired) electrons. The Morgan fingerprint density at radius 3 is 1.84 bits per heavy atom. The number of ketones is 1. The van der Waals surface area contributed by atoms with Crippen molar-refractivity contribution in [3.63, 3.8) is 0 Å². The number of carbonyl (C=O) groups excluding carboxylic acids is 1. The molecule has 1 rings (SSSR count). The van der Waals surface area contributed by atoms with Gasteiger partial charge in [-0.2, -0.15) is 0 Å². The van der Waals surface area contributed by atoms with E-state index in [4.69, 9.17) is 0 Å². The number of hydrogen-bond donors (Lipinski definition) is 0. The number of rotatable bonds is 13. The highest BCUT2D eigenvalue weighted by Crippen LogP contribution is 2.37. The van der Waals surface area contributed by atoms with E-state index in [1.165, 1.54) is 70.6 Å². The van der Waals surface area contributed by atoms with E-state index in [9.17, 15) is 4.79 Å². The van der Waals surface area contributed by atoms with Crippen molar-refractivity contribution < 1.29 is 4.79 Å². The van der Waals surface area contributed by atoms with Crippen LogP contribution in [0.4, 0.5) is 0 Å². The van der Waals surface area contributed by atoms with Crippen molar-refractivity contribution in [3.05, 3.63) is 0 Å². The Morgan fingerprint density at radius 1 is 0.895 bits per heavy atom. The van der Waals surface area contributed by atoms with E-state index >= 15 is 0 Å². The van der Waals surface area contributed by atoms with E-state index in [1.54, 1.807) is 0 Å². The molecule has 1 heteroatoms. The number of carbonyl (C=O) groups is 1. The molecule has 0 bridgehead atoms. The second kappa shape index (κ2) is 10.5. The largest absolute Gasteiger partial charge is 0.299 e. The average Bonchev–Trinajstić information content (AvgIpc) is 3.24. The maximum atomic E-state index is 11.9. The predicted octanol–water partition coefficient (Wildman–Crippen LogP) is 5.91. The molecule has 0 N–H and O–H groups in total. The fourth-order valence-electron chi connectivity index (χ4n) is 2.87. The Hall–Kier alpha value is -0.330. The quantitative estimate of drug-likeness (QED) is 0.379. The van der Waals surface area contributed by atoms with Crippen LogP contribution >= 0.6 is 0 Å². The second-order valence-corrected chi connectivity index (χ2v) is 6.52. The summed E-state index contributed by atoms with van der Waals surface area (Å²) in [7, 11) is 0. The molecule has 0 saturated heterocycles. The van der Waals surface area contributed by atoms with Gasteiger partial charge in [0.1, 0.15) is 5.78 Å². The van der Waals surface area contributed by atoms with Gasteiger partial charge in [0.25, 0.3) is 0 Å². The van der Waals surface area contributed by atoms with E-state index in [0.29, 0.717) is 11.7 Å². The zero-order valence-electron chi connectivity index (χ0n) is 13.3. The van der Waals surface area contributed by atoms with E-state index in [2.05, 4.69) is 13.8 Å². The first kappa shape index (κ1) is 16.7. The van der Waals surface area contributed by atoms with Gasteiger partial charge in [0.05, 0.1) is 0 Å². The molecule has 1 aliphatic carbocycles. The highest BCUT2D eigenvalue weighted by molar-refractivity contribution is 5.81. The highest BCUT2D eigenvalue weighted by atomic mass is 16.1. The minimum absolute atomic E-state index is 0.360. The van der Waals surface area contributed by atoms with Crippen LogP contribution in [0.1, 0.15) is 97.3 Å². The predicted molar refractivity (Wildman–Crippen MR) is 83.4 cm³/mol. The lowest BCUT2D eigenvalue weighted by molar-refractivity contribution is -0.123. The maximum absolute atomic E-state index is 11.9. The molecule has 0 amide bonds. The molecule has 112 valence electrons. The first-order valence-corrected chi connectivity index (χ1v) is 8.78. The summed E-state index contributed by atoms with van der Waals surface area (Å²) in [5, 5.41) is 0. The molecule has 1 aliphatic rings. The summed E-state index contributed by atoms with van der Waals surface area (Å²) in [6.07, 6.45) is 16.9. The molecule has 1 fully saturated rings. The molecule has 0 aromatic carbocycles. The molecule has 0 spiro atoms. The summed E-state index contributed by atoms with van der Waals surface area (Å²) in [4.78, 5) is 11.9. The second-order valence-electron chi connectivity index (χ2n) is 6.52. The molecule has 1 nitrogen and oxygen atoms in total. The van der Waals surface area contributed by atoms with Gasteiger partial charge in [-0.15, -0.1) is 0 Å². The number of hydrogen-bond acceptors (Lipinski definition) is 1. The molecule has 1 atom stereocenters. The van der Waals surface area contributed by atoms with Gasteiger partial charge in [-0.25, -0.2) is 0 Å². The molecule has 1 unspecified atom stereocenters. The Morgan fingerprint density at radius 2 is 1.37 bits per heavy atom. The Bertz CT molecular complexity index is 230. The topological polar surface area (TPSA) is 17.1 Å². The standard InChI is InChI=1S/C18H34O/c1-3-4-5-6-7-8-9-10-11-12-13-18(19)16(2)17-14-15-17/h16-17H,3-15H2,1-2H3. The zero-order chi connectivity index (χ0) is 13.9. The Kier molecular flexibility index (Phi) is 9.20. The van der Waals surface area contributed by atoms with Crippen LogP contribution in [-0.2, 0) is 4.79 Å². The van der Waals surface area contributed by atoms with Crippen LogP contribution < -0.4 is 0 Å². The van der Waals surface area contributed by atoms with Crippen molar-refractivity contribution in [3.8, 4) is 0 Å². The van der Waals surface area contributed by atoms with Gasteiger partial charge < -0.3 is 0 Å². The fourth-order valence-corrected chi connectivity index (χ4v) is 2.87. The van der Waals surface area contributed by atoms with Crippen LogP contribution in [0.2, 0.25) is 0 Å². The van der Waals surface area contributed by atoms with Crippen LogP contribution in [0.25, 0.3) is 0 Å². The Balaban J connectivity index is 1.79. The molecule has 0 heterocycles. The third-order valence-electron chi connectivity index (χ3n) is 4.61. The van der Waals surface area contributed by atoms with E-state index in [-0.39, 0.29) is 0 Å². The molecule has 0 aliphatic heterocycles. The SMILES string of the molecule is CCCCCCCCCCCCC(=O)C(C)C1CC1. The van der Waals surface area contributed by atoms with Gasteiger partial charge in [0, 0.05) is 12.3 Å². The lowest BCUT2D eigenvalue weighted by Gasteiger charge is -2.08. The number of Topliss-reactive ketones (excluding diaryl/α,β-unsaturated/α-hetero) is 1. The van der Waals surface area contributed by atoms with Crippen molar-refractivity contribution in [1.82, 2.24) is 0 Å². The van der Waals surface area contributed by atoms with Crippen molar-refractivity contribution in [2.75, 3.05) is 0 Å². The van der Waals surface area contributed by atoms with Crippen LogP contribution in [0.15, 0.2) is 0 Å². The van der Waals surface area contributed by atoms with Crippen molar-refractivity contribution in [2.45, 2.75) is 97.3 Å². The van der Waals surface area contributed by atoms with Crippen molar-refractivity contribution >= 4 is 5.78 Å². The minimum atomic E-state index is 0.360. The van der Waals surface area contributed by atoms with Crippen LogP contribution in [0, 0.1) is 11.8 Å². The summed E-state index contributed by atoms with van der Waals surface area (Å²) < 4.78 is 0.